The van der Waals surface area contributed by atoms with Gasteiger partial charge in [0.2, 0.25) is 0 Å². The number of carbonyl (C=O) groups is 1. The number of ether oxygens (including phenoxy) is 1. The Hall–Kier alpha value is -3.05. The Labute approximate surface area is 222 Å². The SMILES string of the molecule is CCCCCCCCOc1cccc(C(=O)Nc2ccc3[nH]cc(C4=CCN(C(C)(C)C)CC4)c3c2)c1. The number of fused-ring (bicyclic) bond motifs is 1. The molecule has 0 unspecified atom stereocenters. The Morgan fingerprint density at radius 2 is 1.86 bits per heavy atom. The molecule has 5 nitrogen and oxygen atoms in total. The van der Waals surface area contributed by atoms with Gasteiger partial charge in [-0.2, -0.15) is 0 Å². The lowest BCUT2D eigenvalue weighted by atomic mass is 9.95. The van der Waals surface area contributed by atoms with E-state index in [-0.39, 0.29) is 11.4 Å². The van der Waals surface area contributed by atoms with Gasteiger partial charge in [-0.05, 0) is 75.6 Å². The van der Waals surface area contributed by atoms with Crippen molar-refractivity contribution >= 4 is 28.1 Å². The fraction of sp³-hybridized carbons (Fsp3) is 0.469. The van der Waals surface area contributed by atoms with Gasteiger partial charge in [0.25, 0.3) is 5.91 Å². The van der Waals surface area contributed by atoms with E-state index in [0.717, 1.165) is 48.3 Å². The van der Waals surface area contributed by atoms with Crippen LogP contribution in [0.25, 0.3) is 16.5 Å². The molecule has 0 aliphatic carbocycles. The highest BCUT2D eigenvalue weighted by molar-refractivity contribution is 6.06. The summed E-state index contributed by atoms with van der Waals surface area (Å²) in [5, 5.41) is 4.23. The second-order valence-corrected chi connectivity index (χ2v) is 11.2. The number of hydrogen-bond donors (Lipinski definition) is 2. The van der Waals surface area contributed by atoms with Crippen molar-refractivity contribution in [2.75, 3.05) is 25.0 Å². The smallest absolute Gasteiger partial charge is 0.255 e. The molecule has 0 spiro atoms. The van der Waals surface area contributed by atoms with E-state index in [4.69, 9.17) is 4.74 Å². The van der Waals surface area contributed by atoms with E-state index in [1.165, 1.54) is 43.2 Å². The number of hydrogen-bond acceptors (Lipinski definition) is 3. The quantitative estimate of drug-likeness (QED) is 0.261. The van der Waals surface area contributed by atoms with Gasteiger partial charge in [-0.25, -0.2) is 0 Å². The number of nitrogens with zero attached hydrogens (tertiary/aromatic N) is 1. The minimum atomic E-state index is -0.126. The molecule has 37 heavy (non-hydrogen) atoms. The molecular weight excluding hydrogens is 458 g/mol. The van der Waals surface area contributed by atoms with Crippen LogP contribution < -0.4 is 10.1 Å². The van der Waals surface area contributed by atoms with Gasteiger partial charge < -0.3 is 15.0 Å². The molecule has 2 aromatic carbocycles. The third kappa shape index (κ3) is 7.26. The molecule has 1 aliphatic heterocycles. The van der Waals surface area contributed by atoms with Gasteiger partial charge in [0.05, 0.1) is 6.61 Å². The van der Waals surface area contributed by atoms with Crippen molar-refractivity contribution in [3.8, 4) is 5.75 Å². The van der Waals surface area contributed by atoms with Gasteiger partial charge in [0.1, 0.15) is 5.75 Å². The number of aromatic nitrogens is 1. The van der Waals surface area contributed by atoms with Crippen LogP contribution in [0.4, 0.5) is 5.69 Å². The first kappa shape index (κ1) is 27.0. The van der Waals surface area contributed by atoms with Crippen molar-refractivity contribution in [1.29, 1.82) is 0 Å². The van der Waals surface area contributed by atoms with E-state index in [9.17, 15) is 4.79 Å². The van der Waals surface area contributed by atoms with Gasteiger partial charge in [-0.1, -0.05) is 51.2 Å². The highest BCUT2D eigenvalue weighted by Crippen LogP contribution is 2.32. The minimum Gasteiger partial charge on any atom is -0.494 e. The number of rotatable bonds is 11. The zero-order valence-corrected chi connectivity index (χ0v) is 23.0. The Morgan fingerprint density at radius 3 is 2.62 bits per heavy atom. The van der Waals surface area contributed by atoms with Crippen LogP contribution in [-0.4, -0.2) is 41.0 Å². The maximum absolute atomic E-state index is 13.0. The van der Waals surface area contributed by atoms with Crippen molar-refractivity contribution in [3.63, 3.8) is 0 Å². The Morgan fingerprint density at radius 1 is 1.05 bits per heavy atom. The largest absolute Gasteiger partial charge is 0.494 e. The molecule has 2 N–H and O–H groups in total. The van der Waals surface area contributed by atoms with E-state index in [1.807, 2.05) is 36.4 Å². The van der Waals surface area contributed by atoms with Crippen LogP contribution >= 0.6 is 0 Å². The van der Waals surface area contributed by atoms with E-state index >= 15 is 0 Å². The zero-order chi connectivity index (χ0) is 26.3. The van der Waals surface area contributed by atoms with Crippen LogP contribution in [0.15, 0.2) is 54.7 Å². The van der Waals surface area contributed by atoms with E-state index in [0.29, 0.717) is 12.2 Å². The van der Waals surface area contributed by atoms with E-state index < -0.39 is 0 Å². The lowest BCUT2D eigenvalue weighted by molar-refractivity contribution is 0.102. The summed E-state index contributed by atoms with van der Waals surface area (Å²) in [5.41, 5.74) is 5.25. The predicted molar refractivity (Wildman–Crippen MR) is 155 cm³/mol. The van der Waals surface area contributed by atoms with Gasteiger partial charge in [0, 0.05) is 52.5 Å². The standard InChI is InChI=1S/C32H43N3O2/c1-5-6-7-8-9-10-20-37-27-13-11-12-25(21-27)31(36)34-26-14-15-30-28(22-26)29(23-33-30)24-16-18-35(19-17-24)32(2,3)4/h11-16,21-23,33H,5-10,17-20H2,1-4H3,(H,34,36). The molecule has 198 valence electrons. The highest BCUT2D eigenvalue weighted by atomic mass is 16.5. The van der Waals surface area contributed by atoms with E-state index in [2.05, 4.69) is 61.2 Å². The molecule has 1 aliphatic rings. The molecule has 0 radical (unpaired) electrons. The van der Waals surface area contributed by atoms with E-state index in [1.54, 1.807) is 0 Å². The van der Waals surface area contributed by atoms with Crippen LogP contribution in [0.3, 0.4) is 0 Å². The summed E-state index contributed by atoms with van der Waals surface area (Å²) < 4.78 is 5.92. The van der Waals surface area contributed by atoms with Crippen LogP contribution in [0.1, 0.15) is 88.6 Å². The third-order valence-electron chi connectivity index (χ3n) is 7.31. The number of benzene rings is 2. The molecule has 1 amide bonds. The number of carbonyl (C=O) groups excluding carboxylic acids is 1. The van der Waals surface area contributed by atoms with Crippen LogP contribution in [0.2, 0.25) is 0 Å². The summed E-state index contributed by atoms with van der Waals surface area (Å²) in [5.74, 6) is 0.622. The molecule has 4 rings (SSSR count). The summed E-state index contributed by atoms with van der Waals surface area (Å²) in [6.45, 7) is 11.7. The average molecular weight is 502 g/mol. The lowest BCUT2D eigenvalue weighted by Crippen LogP contribution is -2.43. The second kappa shape index (κ2) is 12.5. The number of aromatic amines is 1. The second-order valence-electron chi connectivity index (χ2n) is 11.2. The molecular formula is C32H43N3O2. The van der Waals surface area contributed by atoms with Crippen molar-refractivity contribution in [2.45, 2.75) is 78.2 Å². The summed E-state index contributed by atoms with van der Waals surface area (Å²) in [4.78, 5) is 18.9. The van der Waals surface area contributed by atoms with Crippen molar-refractivity contribution in [1.82, 2.24) is 9.88 Å². The number of H-pyrrole nitrogens is 1. The molecule has 3 aromatic rings. The molecule has 0 atom stereocenters. The van der Waals surface area contributed by atoms with Gasteiger partial charge in [-0.3, -0.25) is 9.69 Å². The molecule has 0 bridgehead atoms. The topological polar surface area (TPSA) is 57.4 Å². The Balaban J connectivity index is 1.38. The maximum atomic E-state index is 13.0. The predicted octanol–water partition coefficient (Wildman–Crippen LogP) is 8.05. The number of unbranched alkanes of at least 4 members (excludes halogenated alkanes) is 5. The highest BCUT2D eigenvalue weighted by Gasteiger charge is 2.24. The number of nitrogens with one attached hydrogen (secondary N) is 2. The Bertz CT molecular complexity index is 1220. The average Bonchev–Trinajstić information content (AvgIpc) is 3.31. The first-order valence-corrected chi connectivity index (χ1v) is 13.9. The van der Waals surface area contributed by atoms with Crippen LogP contribution in [0, 0.1) is 0 Å². The molecule has 2 heterocycles. The Kier molecular flexibility index (Phi) is 9.09. The summed E-state index contributed by atoms with van der Waals surface area (Å²) in [6, 6.07) is 13.5. The molecule has 0 saturated heterocycles. The molecule has 0 saturated carbocycles. The van der Waals surface area contributed by atoms with Gasteiger partial charge in [0.15, 0.2) is 0 Å². The van der Waals surface area contributed by atoms with Crippen molar-refractivity contribution < 1.29 is 9.53 Å². The number of amides is 1. The molecule has 0 fully saturated rings. The normalized spacial score (nSPS) is 14.5. The summed E-state index contributed by atoms with van der Waals surface area (Å²) >= 11 is 0. The lowest BCUT2D eigenvalue weighted by Gasteiger charge is -2.37. The van der Waals surface area contributed by atoms with Gasteiger partial charge >= 0.3 is 0 Å². The summed E-state index contributed by atoms with van der Waals surface area (Å²) in [7, 11) is 0. The zero-order valence-electron chi connectivity index (χ0n) is 23.0. The maximum Gasteiger partial charge on any atom is 0.255 e. The molecule has 1 aromatic heterocycles. The van der Waals surface area contributed by atoms with Crippen LogP contribution in [0.5, 0.6) is 5.75 Å². The fourth-order valence-electron chi connectivity index (χ4n) is 4.99. The van der Waals surface area contributed by atoms with Crippen molar-refractivity contribution in [2.24, 2.45) is 0 Å². The van der Waals surface area contributed by atoms with Crippen LogP contribution in [-0.2, 0) is 0 Å². The minimum absolute atomic E-state index is 0.126. The first-order chi connectivity index (χ1) is 17.8. The molecule has 5 heteroatoms. The van der Waals surface area contributed by atoms with Gasteiger partial charge in [-0.15, -0.1) is 0 Å². The number of anilines is 1. The monoisotopic (exact) mass is 501 g/mol. The first-order valence-electron chi connectivity index (χ1n) is 13.9. The fourth-order valence-corrected chi connectivity index (χ4v) is 4.99. The van der Waals surface area contributed by atoms with Crippen molar-refractivity contribution in [3.05, 3.63) is 65.9 Å². The summed E-state index contributed by atoms with van der Waals surface area (Å²) in [6.07, 6.45) is 12.8. The third-order valence-corrected chi connectivity index (χ3v) is 7.31.